The van der Waals surface area contributed by atoms with Gasteiger partial charge in [0.15, 0.2) is 11.5 Å². The Kier molecular flexibility index (Phi) is 4.66. The Balaban J connectivity index is 1.53. The highest BCUT2D eigenvalue weighted by molar-refractivity contribution is 5.90. The Morgan fingerprint density at radius 3 is 2.78 bits per heavy atom. The predicted octanol–water partition coefficient (Wildman–Crippen LogP) is 3.80. The van der Waals surface area contributed by atoms with E-state index in [1.54, 1.807) is 26.4 Å². The maximum absolute atomic E-state index is 12.9. The number of rotatable bonds is 4. The first-order chi connectivity index (χ1) is 13.2. The number of amides is 2. The van der Waals surface area contributed by atoms with Crippen molar-refractivity contribution in [2.75, 3.05) is 32.9 Å². The van der Waals surface area contributed by atoms with Crippen LogP contribution in [0.5, 0.6) is 23.0 Å². The van der Waals surface area contributed by atoms with Gasteiger partial charge >= 0.3 is 6.03 Å². The van der Waals surface area contributed by atoms with Gasteiger partial charge in [-0.25, -0.2) is 4.79 Å². The number of likely N-dealkylation sites (tertiary alicyclic amines) is 1. The summed E-state index contributed by atoms with van der Waals surface area (Å²) in [5, 5.41) is 2.96. The van der Waals surface area contributed by atoms with Gasteiger partial charge in [-0.3, -0.25) is 0 Å². The van der Waals surface area contributed by atoms with Crippen LogP contribution in [0.2, 0.25) is 0 Å². The molecule has 1 saturated heterocycles. The first-order valence-corrected chi connectivity index (χ1v) is 8.89. The largest absolute Gasteiger partial charge is 0.497 e. The van der Waals surface area contributed by atoms with E-state index in [1.165, 1.54) is 0 Å². The number of urea groups is 1. The van der Waals surface area contributed by atoms with Gasteiger partial charge in [-0.05, 0) is 37.1 Å². The maximum atomic E-state index is 12.9. The van der Waals surface area contributed by atoms with Crippen molar-refractivity contribution in [2.24, 2.45) is 0 Å². The molecule has 0 aliphatic carbocycles. The third-order valence-corrected chi connectivity index (χ3v) is 4.94. The number of fused-ring (bicyclic) bond motifs is 1. The van der Waals surface area contributed by atoms with Gasteiger partial charge in [-0.15, -0.1) is 0 Å². The van der Waals surface area contributed by atoms with Crippen LogP contribution in [0.4, 0.5) is 10.5 Å². The van der Waals surface area contributed by atoms with Gasteiger partial charge in [0.25, 0.3) is 0 Å². The van der Waals surface area contributed by atoms with Crippen molar-refractivity contribution in [1.82, 2.24) is 4.90 Å². The topological polar surface area (TPSA) is 69.3 Å². The van der Waals surface area contributed by atoms with Crippen LogP contribution >= 0.6 is 0 Å². The quantitative estimate of drug-likeness (QED) is 0.886. The molecule has 0 bridgehead atoms. The second-order valence-electron chi connectivity index (χ2n) is 6.46. The molecule has 1 atom stereocenters. The van der Waals surface area contributed by atoms with Gasteiger partial charge in [0.1, 0.15) is 11.5 Å². The summed E-state index contributed by atoms with van der Waals surface area (Å²) in [7, 11) is 3.25. The van der Waals surface area contributed by atoms with Gasteiger partial charge in [0.2, 0.25) is 6.79 Å². The normalized spacial score (nSPS) is 17.7. The summed E-state index contributed by atoms with van der Waals surface area (Å²) in [5.41, 5.74) is 1.66. The first kappa shape index (κ1) is 17.3. The van der Waals surface area contributed by atoms with E-state index in [4.69, 9.17) is 18.9 Å². The maximum Gasteiger partial charge on any atom is 0.322 e. The Hall–Kier alpha value is -3.09. The molecule has 0 spiro atoms. The molecule has 7 nitrogen and oxygen atoms in total. The molecule has 7 heteroatoms. The van der Waals surface area contributed by atoms with Crippen LogP contribution in [-0.4, -0.2) is 38.5 Å². The van der Waals surface area contributed by atoms with Crippen molar-refractivity contribution in [3.05, 3.63) is 42.0 Å². The Morgan fingerprint density at radius 1 is 1.11 bits per heavy atom. The summed E-state index contributed by atoms with van der Waals surface area (Å²) in [6, 6.07) is 10.9. The van der Waals surface area contributed by atoms with Crippen LogP contribution in [0.1, 0.15) is 24.4 Å². The Morgan fingerprint density at radius 2 is 1.96 bits per heavy atom. The average Bonchev–Trinajstić information content (AvgIpc) is 3.36. The molecule has 2 heterocycles. The van der Waals surface area contributed by atoms with E-state index in [9.17, 15) is 4.79 Å². The van der Waals surface area contributed by atoms with Crippen molar-refractivity contribution in [3.8, 4) is 23.0 Å². The fraction of sp³-hybridized carbons (Fsp3) is 0.350. The second-order valence-corrected chi connectivity index (χ2v) is 6.46. The van der Waals surface area contributed by atoms with Gasteiger partial charge in [-0.2, -0.15) is 0 Å². The minimum absolute atomic E-state index is 0.0418. The number of ether oxygens (including phenoxy) is 4. The van der Waals surface area contributed by atoms with Crippen LogP contribution in [0.25, 0.3) is 0 Å². The van der Waals surface area contributed by atoms with Crippen molar-refractivity contribution in [2.45, 2.75) is 18.9 Å². The summed E-state index contributed by atoms with van der Waals surface area (Å²) >= 11 is 0. The third-order valence-electron chi connectivity index (χ3n) is 4.94. The molecule has 0 aromatic heterocycles. The number of anilines is 1. The van der Waals surface area contributed by atoms with E-state index in [1.807, 2.05) is 29.2 Å². The number of carbonyl (C=O) groups excluding carboxylic acids is 1. The molecule has 1 fully saturated rings. The SMILES string of the molecule is COc1ccc([C@H]2CCCN2C(=O)Nc2ccc3c(c2)OCO3)c(OC)c1. The molecule has 2 aromatic carbocycles. The summed E-state index contributed by atoms with van der Waals surface area (Å²) in [6.07, 6.45) is 1.83. The van der Waals surface area contributed by atoms with Crippen molar-refractivity contribution in [3.63, 3.8) is 0 Å². The van der Waals surface area contributed by atoms with Crippen LogP contribution in [0.3, 0.4) is 0 Å². The Labute approximate surface area is 157 Å². The number of hydrogen-bond acceptors (Lipinski definition) is 5. The number of nitrogens with zero attached hydrogens (tertiary/aromatic N) is 1. The average molecular weight is 370 g/mol. The zero-order valence-electron chi connectivity index (χ0n) is 15.4. The molecule has 2 amide bonds. The lowest BCUT2D eigenvalue weighted by Crippen LogP contribution is -2.34. The Bertz CT molecular complexity index is 854. The standard InChI is InChI=1S/C20H22N2O5/c1-24-14-6-7-15(18(11-14)25-2)16-4-3-9-22(16)20(23)21-13-5-8-17-19(10-13)27-12-26-17/h5-8,10-11,16H,3-4,9,12H2,1-2H3,(H,21,23)/t16-/m1/s1. The zero-order chi connectivity index (χ0) is 18.8. The lowest BCUT2D eigenvalue weighted by molar-refractivity contribution is 0.174. The van der Waals surface area contributed by atoms with Crippen molar-refractivity contribution in [1.29, 1.82) is 0 Å². The minimum Gasteiger partial charge on any atom is -0.497 e. The first-order valence-electron chi connectivity index (χ1n) is 8.89. The summed E-state index contributed by atoms with van der Waals surface area (Å²) in [5.74, 6) is 2.78. The molecule has 2 aromatic rings. The van der Waals surface area contributed by atoms with Crippen LogP contribution in [0.15, 0.2) is 36.4 Å². The predicted molar refractivity (Wildman–Crippen MR) is 99.8 cm³/mol. The number of methoxy groups -OCH3 is 2. The highest BCUT2D eigenvalue weighted by Crippen LogP contribution is 2.39. The van der Waals surface area contributed by atoms with Gasteiger partial charge in [0.05, 0.1) is 20.3 Å². The van der Waals surface area contributed by atoms with Crippen LogP contribution in [-0.2, 0) is 0 Å². The minimum atomic E-state index is -0.144. The van der Waals surface area contributed by atoms with Crippen LogP contribution in [0, 0.1) is 0 Å². The summed E-state index contributed by atoms with van der Waals surface area (Å²) < 4.78 is 21.5. The third kappa shape index (κ3) is 3.32. The molecule has 2 aliphatic rings. The fourth-order valence-corrected chi connectivity index (χ4v) is 3.60. The summed E-state index contributed by atoms with van der Waals surface area (Å²) in [6.45, 7) is 0.897. The lowest BCUT2D eigenvalue weighted by Gasteiger charge is -2.26. The van der Waals surface area contributed by atoms with E-state index in [-0.39, 0.29) is 18.9 Å². The number of hydrogen-bond donors (Lipinski definition) is 1. The van der Waals surface area contributed by atoms with E-state index in [0.29, 0.717) is 23.7 Å². The van der Waals surface area contributed by atoms with Gasteiger partial charge in [0, 0.05) is 29.9 Å². The fourth-order valence-electron chi connectivity index (χ4n) is 3.60. The van der Waals surface area contributed by atoms with E-state index in [2.05, 4.69) is 5.32 Å². The summed E-state index contributed by atoms with van der Waals surface area (Å²) in [4.78, 5) is 14.7. The molecule has 2 aliphatic heterocycles. The smallest absolute Gasteiger partial charge is 0.322 e. The van der Waals surface area contributed by atoms with Crippen molar-refractivity contribution < 1.29 is 23.7 Å². The van der Waals surface area contributed by atoms with Gasteiger partial charge < -0.3 is 29.2 Å². The highest BCUT2D eigenvalue weighted by atomic mass is 16.7. The molecule has 142 valence electrons. The lowest BCUT2D eigenvalue weighted by atomic mass is 10.0. The van der Waals surface area contributed by atoms with Gasteiger partial charge in [-0.1, -0.05) is 0 Å². The molecular formula is C20H22N2O5. The second kappa shape index (κ2) is 7.26. The molecule has 0 radical (unpaired) electrons. The van der Waals surface area contributed by atoms with E-state index in [0.717, 1.165) is 29.9 Å². The molecule has 0 unspecified atom stereocenters. The molecule has 1 N–H and O–H groups in total. The molecular weight excluding hydrogens is 348 g/mol. The number of carbonyl (C=O) groups is 1. The molecule has 0 saturated carbocycles. The van der Waals surface area contributed by atoms with Crippen molar-refractivity contribution >= 4 is 11.7 Å². The van der Waals surface area contributed by atoms with E-state index < -0.39 is 0 Å². The molecule has 4 rings (SSSR count). The van der Waals surface area contributed by atoms with Crippen LogP contribution < -0.4 is 24.3 Å². The number of nitrogens with one attached hydrogen (secondary N) is 1. The number of benzene rings is 2. The highest BCUT2D eigenvalue weighted by Gasteiger charge is 2.32. The monoisotopic (exact) mass is 370 g/mol. The van der Waals surface area contributed by atoms with E-state index >= 15 is 0 Å². The zero-order valence-corrected chi connectivity index (χ0v) is 15.4. The molecule has 27 heavy (non-hydrogen) atoms.